The summed E-state index contributed by atoms with van der Waals surface area (Å²) in [5, 5.41) is 4.44. The molecule has 5 nitrogen and oxygen atoms in total. The van der Waals surface area contributed by atoms with Crippen LogP contribution in [0.1, 0.15) is 35.4 Å². The number of nitrogens with one attached hydrogen (secondary N) is 1. The standard InChI is InChI=1S/C32H37N3O2/c36-32(33-17-18-34-19-21-37-22-20-34)23-28(16-15-26-9-3-1-4-10-26)30-25-35(24-27-11-5-2-6-12-27)31-14-8-7-13-29(30)31/h1-14,25,28H,15-24H2,(H,33,36)/t28-/m1/s1. The summed E-state index contributed by atoms with van der Waals surface area (Å²) >= 11 is 0. The van der Waals surface area contributed by atoms with Crippen LogP contribution in [-0.4, -0.2) is 54.8 Å². The van der Waals surface area contributed by atoms with E-state index in [1.807, 2.05) is 0 Å². The van der Waals surface area contributed by atoms with Gasteiger partial charge in [-0.25, -0.2) is 0 Å². The Morgan fingerprint density at radius 3 is 2.30 bits per heavy atom. The molecule has 0 saturated carbocycles. The molecule has 1 aromatic heterocycles. The fraction of sp³-hybridized carbons (Fsp3) is 0.344. The highest BCUT2D eigenvalue weighted by Crippen LogP contribution is 2.33. The predicted octanol–water partition coefficient (Wildman–Crippen LogP) is 5.24. The number of aryl methyl sites for hydroxylation is 1. The number of carbonyl (C=O) groups excluding carboxylic acids is 1. The summed E-state index contributed by atoms with van der Waals surface area (Å²) in [4.78, 5) is 15.5. The van der Waals surface area contributed by atoms with Gasteiger partial charge in [-0.15, -0.1) is 0 Å². The third-order valence-corrected chi connectivity index (χ3v) is 7.36. The molecule has 1 atom stereocenters. The summed E-state index contributed by atoms with van der Waals surface area (Å²) < 4.78 is 7.77. The molecule has 0 spiro atoms. The van der Waals surface area contributed by atoms with Crippen molar-refractivity contribution in [2.24, 2.45) is 0 Å². The molecule has 0 radical (unpaired) electrons. The molecule has 1 aliphatic heterocycles. The van der Waals surface area contributed by atoms with Crippen LogP contribution in [0.3, 0.4) is 0 Å². The van der Waals surface area contributed by atoms with Gasteiger partial charge in [0.2, 0.25) is 5.91 Å². The van der Waals surface area contributed by atoms with Crippen molar-refractivity contribution in [3.8, 4) is 0 Å². The first-order valence-corrected chi connectivity index (χ1v) is 13.5. The number of para-hydroxylation sites is 1. The van der Waals surface area contributed by atoms with Crippen molar-refractivity contribution in [3.05, 3.63) is 108 Å². The third-order valence-electron chi connectivity index (χ3n) is 7.36. The Morgan fingerprint density at radius 1 is 0.865 bits per heavy atom. The van der Waals surface area contributed by atoms with Gasteiger partial charge in [-0.05, 0) is 41.5 Å². The minimum Gasteiger partial charge on any atom is -0.379 e. The first-order valence-electron chi connectivity index (χ1n) is 13.5. The summed E-state index contributed by atoms with van der Waals surface area (Å²) in [6.07, 6.45) is 4.66. The number of rotatable bonds is 11. The van der Waals surface area contributed by atoms with E-state index in [0.29, 0.717) is 13.0 Å². The maximum Gasteiger partial charge on any atom is 0.220 e. The van der Waals surface area contributed by atoms with Crippen molar-refractivity contribution >= 4 is 16.8 Å². The smallest absolute Gasteiger partial charge is 0.220 e. The van der Waals surface area contributed by atoms with Crippen LogP contribution in [0.4, 0.5) is 0 Å². The van der Waals surface area contributed by atoms with Crippen LogP contribution in [0, 0.1) is 0 Å². The van der Waals surface area contributed by atoms with E-state index in [-0.39, 0.29) is 11.8 Å². The molecule has 3 aromatic carbocycles. The van der Waals surface area contributed by atoms with Crippen LogP contribution in [0.25, 0.3) is 10.9 Å². The van der Waals surface area contributed by atoms with Gasteiger partial charge in [-0.2, -0.15) is 0 Å². The number of morpholine rings is 1. The Balaban J connectivity index is 1.34. The summed E-state index contributed by atoms with van der Waals surface area (Å²) in [5.41, 5.74) is 5.08. The van der Waals surface area contributed by atoms with Gasteiger partial charge in [0.15, 0.2) is 0 Å². The summed E-state index contributed by atoms with van der Waals surface area (Å²) in [6.45, 7) is 5.82. The molecule has 1 N–H and O–H groups in total. The van der Waals surface area contributed by atoms with E-state index < -0.39 is 0 Å². The van der Waals surface area contributed by atoms with E-state index in [1.165, 1.54) is 27.6 Å². The average Bonchev–Trinajstić information content (AvgIpc) is 3.31. The van der Waals surface area contributed by atoms with Crippen molar-refractivity contribution < 1.29 is 9.53 Å². The van der Waals surface area contributed by atoms with Crippen molar-refractivity contribution in [3.63, 3.8) is 0 Å². The van der Waals surface area contributed by atoms with E-state index in [1.54, 1.807) is 0 Å². The zero-order valence-electron chi connectivity index (χ0n) is 21.5. The molecular formula is C32H37N3O2. The Bertz CT molecular complexity index is 1260. The predicted molar refractivity (Wildman–Crippen MR) is 150 cm³/mol. The molecule has 0 unspecified atom stereocenters. The molecule has 0 bridgehead atoms. The van der Waals surface area contributed by atoms with Gasteiger partial charge in [0.25, 0.3) is 0 Å². The van der Waals surface area contributed by atoms with Gasteiger partial charge < -0.3 is 14.6 Å². The fourth-order valence-corrected chi connectivity index (χ4v) is 5.34. The lowest BCUT2D eigenvalue weighted by atomic mass is 9.89. The summed E-state index contributed by atoms with van der Waals surface area (Å²) in [5.74, 6) is 0.275. The van der Waals surface area contributed by atoms with Crippen molar-refractivity contribution in [1.29, 1.82) is 0 Å². The molecule has 5 heteroatoms. The zero-order chi connectivity index (χ0) is 25.3. The maximum atomic E-state index is 13.2. The average molecular weight is 496 g/mol. The van der Waals surface area contributed by atoms with Gasteiger partial charge in [-0.3, -0.25) is 9.69 Å². The highest BCUT2D eigenvalue weighted by atomic mass is 16.5. The zero-order valence-corrected chi connectivity index (χ0v) is 21.5. The number of aromatic nitrogens is 1. The lowest BCUT2D eigenvalue weighted by Crippen LogP contribution is -2.41. The summed E-state index contributed by atoms with van der Waals surface area (Å²) in [7, 11) is 0. The van der Waals surface area contributed by atoms with Crippen LogP contribution >= 0.6 is 0 Å². The first-order chi connectivity index (χ1) is 18.3. The molecule has 1 aliphatic rings. The minimum atomic E-state index is 0.131. The van der Waals surface area contributed by atoms with E-state index in [0.717, 1.165) is 52.2 Å². The molecule has 37 heavy (non-hydrogen) atoms. The normalized spacial score (nSPS) is 15.0. The lowest BCUT2D eigenvalue weighted by Gasteiger charge is -2.26. The van der Waals surface area contributed by atoms with Crippen molar-refractivity contribution in [2.45, 2.75) is 31.7 Å². The molecule has 1 amide bonds. The van der Waals surface area contributed by atoms with Crippen LogP contribution in [0.15, 0.2) is 91.1 Å². The van der Waals surface area contributed by atoms with Gasteiger partial charge in [-0.1, -0.05) is 78.9 Å². The Hall–Kier alpha value is -3.41. The van der Waals surface area contributed by atoms with E-state index in [9.17, 15) is 4.79 Å². The molecule has 4 aromatic rings. The van der Waals surface area contributed by atoms with Crippen molar-refractivity contribution in [2.75, 3.05) is 39.4 Å². The number of benzene rings is 3. The molecule has 2 heterocycles. The van der Waals surface area contributed by atoms with Gasteiger partial charge >= 0.3 is 0 Å². The highest BCUT2D eigenvalue weighted by molar-refractivity contribution is 5.86. The second kappa shape index (κ2) is 12.7. The highest BCUT2D eigenvalue weighted by Gasteiger charge is 2.21. The Kier molecular flexibility index (Phi) is 8.67. The molecule has 0 aliphatic carbocycles. The van der Waals surface area contributed by atoms with Crippen LogP contribution in [0.5, 0.6) is 0 Å². The molecule has 192 valence electrons. The lowest BCUT2D eigenvalue weighted by molar-refractivity contribution is -0.121. The largest absolute Gasteiger partial charge is 0.379 e. The second-order valence-corrected chi connectivity index (χ2v) is 9.94. The molecule has 5 rings (SSSR count). The number of carbonyl (C=O) groups is 1. The monoisotopic (exact) mass is 495 g/mol. The van der Waals surface area contributed by atoms with Crippen LogP contribution < -0.4 is 5.32 Å². The van der Waals surface area contributed by atoms with Crippen LogP contribution in [0.2, 0.25) is 0 Å². The maximum absolute atomic E-state index is 13.2. The van der Waals surface area contributed by atoms with Gasteiger partial charge in [0.05, 0.1) is 13.2 Å². The minimum absolute atomic E-state index is 0.131. The van der Waals surface area contributed by atoms with E-state index in [2.05, 4.69) is 106 Å². The second-order valence-electron chi connectivity index (χ2n) is 9.94. The SMILES string of the molecule is O=C(C[C@@H](CCc1ccccc1)c1cn(Cc2ccccc2)c2ccccc12)NCCN1CCOCC1. The molecule has 1 saturated heterocycles. The van der Waals surface area contributed by atoms with E-state index >= 15 is 0 Å². The number of nitrogens with zero attached hydrogens (tertiary/aromatic N) is 2. The fourth-order valence-electron chi connectivity index (χ4n) is 5.34. The third kappa shape index (κ3) is 6.88. The van der Waals surface area contributed by atoms with Gasteiger partial charge in [0, 0.05) is 56.2 Å². The number of fused-ring (bicyclic) bond motifs is 1. The Labute approximate surface area is 220 Å². The topological polar surface area (TPSA) is 46.5 Å². The van der Waals surface area contributed by atoms with Crippen LogP contribution in [-0.2, 0) is 22.5 Å². The number of hydrogen-bond acceptors (Lipinski definition) is 3. The Morgan fingerprint density at radius 2 is 1.54 bits per heavy atom. The molecular weight excluding hydrogens is 458 g/mol. The van der Waals surface area contributed by atoms with Gasteiger partial charge in [0.1, 0.15) is 0 Å². The summed E-state index contributed by atoms with van der Waals surface area (Å²) in [6, 6.07) is 29.8. The first kappa shape index (κ1) is 25.2. The quantitative estimate of drug-likeness (QED) is 0.309. The molecule has 1 fully saturated rings. The number of hydrogen-bond donors (Lipinski definition) is 1. The number of ether oxygens (including phenoxy) is 1. The van der Waals surface area contributed by atoms with Crippen molar-refractivity contribution in [1.82, 2.24) is 14.8 Å². The number of amides is 1. The van der Waals surface area contributed by atoms with E-state index in [4.69, 9.17) is 4.74 Å².